The molecule has 2 heterocycles. The van der Waals surface area contributed by atoms with Crippen molar-refractivity contribution in [3.8, 4) is 11.5 Å². The lowest BCUT2D eigenvalue weighted by Gasteiger charge is -2.32. The third-order valence-corrected chi connectivity index (χ3v) is 5.69. The normalized spacial score (nSPS) is 14.4. The summed E-state index contributed by atoms with van der Waals surface area (Å²) in [4.78, 5) is 22.6. The maximum atomic E-state index is 13.4. The molecule has 1 amide bonds. The fourth-order valence-corrected chi connectivity index (χ4v) is 3.85. The first-order valence-electron chi connectivity index (χ1n) is 10.5. The van der Waals surface area contributed by atoms with Gasteiger partial charge in [-0.05, 0) is 24.3 Å². The fourth-order valence-electron chi connectivity index (χ4n) is 3.67. The first-order valence-corrected chi connectivity index (χ1v) is 10.8. The highest BCUT2D eigenvalue weighted by molar-refractivity contribution is 6.31. The SMILES string of the molecule is COCC(=O)N1CCC(Oc2cc3cnc(Nc4ccc(F)c(Cl)c4)nc3cc2OC)CC1. The molecule has 0 bridgehead atoms. The van der Waals surface area contributed by atoms with Gasteiger partial charge in [0.15, 0.2) is 11.5 Å². The van der Waals surface area contributed by atoms with Crippen molar-refractivity contribution in [1.82, 2.24) is 14.9 Å². The number of nitrogens with one attached hydrogen (secondary N) is 1. The second-order valence-electron chi connectivity index (χ2n) is 7.64. The van der Waals surface area contributed by atoms with Gasteiger partial charge in [-0.2, -0.15) is 0 Å². The number of rotatable bonds is 7. The van der Waals surface area contributed by atoms with E-state index in [1.54, 1.807) is 30.3 Å². The Bertz CT molecular complexity index is 1150. The Labute approximate surface area is 195 Å². The first-order chi connectivity index (χ1) is 16.0. The van der Waals surface area contributed by atoms with E-state index in [9.17, 15) is 9.18 Å². The molecule has 0 atom stereocenters. The number of benzene rings is 2. The monoisotopic (exact) mass is 474 g/mol. The molecule has 1 aliphatic rings. The molecule has 1 aromatic heterocycles. The highest BCUT2D eigenvalue weighted by atomic mass is 35.5. The van der Waals surface area contributed by atoms with Crippen LogP contribution >= 0.6 is 11.6 Å². The molecule has 1 aliphatic heterocycles. The van der Waals surface area contributed by atoms with Gasteiger partial charge >= 0.3 is 0 Å². The lowest BCUT2D eigenvalue weighted by molar-refractivity contribution is -0.136. The van der Waals surface area contributed by atoms with Crippen molar-refractivity contribution in [3.05, 3.63) is 47.4 Å². The van der Waals surface area contributed by atoms with Gasteiger partial charge in [0.2, 0.25) is 11.9 Å². The van der Waals surface area contributed by atoms with Crippen molar-refractivity contribution >= 4 is 40.0 Å². The zero-order chi connectivity index (χ0) is 23.4. The van der Waals surface area contributed by atoms with Crippen molar-refractivity contribution in [1.29, 1.82) is 0 Å². The number of hydrogen-bond donors (Lipinski definition) is 1. The van der Waals surface area contributed by atoms with Crippen molar-refractivity contribution in [2.24, 2.45) is 0 Å². The lowest BCUT2D eigenvalue weighted by Crippen LogP contribution is -2.43. The van der Waals surface area contributed by atoms with Gasteiger partial charge in [-0.25, -0.2) is 14.4 Å². The van der Waals surface area contributed by atoms with Crippen LogP contribution in [0, 0.1) is 5.82 Å². The van der Waals surface area contributed by atoms with E-state index in [4.69, 9.17) is 25.8 Å². The number of aromatic nitrogens is 2. The minimum atomic E-state index is -0.494. The highest BCUT2D eigenvalue weighted by Crippen LogP contribution is 2.34. The van der Waals surface area contributed by atoms with Crippen molar-refractivity contribution in [3.63, 3.8) is 0 Å². The Morgan fingerprint density at radius 1 is 1.21 bits per heavy atom. The highest BCUT2D eigenvalue weighted by Gasteiger charge is 2.24. The number of piperidine rings is 1. The second-order valence-corrected chi connectivity index (χ2v) is 8.05. The lowest BCUT2D eigenvalue weighted by atomic mass is 10.1. The number of likely N-dealkylation sites (tertiary alicyclic amines) is 1. The molecule has 2 aromatic carbocycles. The van der Waals surface area contributed by atoms with Crippen LogP contribution in [-0.4, -0.2) is 60.8 Å². The van der Waals surface area contributed by atoms with E-state index >= 15 is 0 Å². The summed E-state index contributed by atoms with van der Waals surface area (Å²) in [7, 11) is 3.09. The maximum absolute atomic E-state index is 13.4. The van der Waals surface area contributed by atoms with Crippen LogP contribution in [0.1, 0.15) is 12.8 Å². The summed E-state index contributed by atoms with van der Waals surface area (Å²) < 4.78 is 30.0. The number of fused-ring (bicyclic) bond motifs is 1. The Morgan fingerprint density at radius 3 is 2.70 bits per heavy atom. The van der Waals surface area contributed by atoms with Gasteiger partial charge in [-0.3, -0.25) is 4.79 Å². The number of methoxy groups -OCH3 is 2. The van der Waals surface area contributed by atoms with Gasteiger partial charge in [-0.15, -0.1) is 0 Å². The number of nitrogens with zero attached hydrogens (tertiary/aromatic N) is 3. The summed E-state index contributed by atoms with van der Waals surface area (Å²) in [6, 6.07) is 7.93. The molecule has 0 unspecified atom stereocenters. The molecule has 0 saturated carbocycles. The number of hydrogen-bond acceptors (Lipinski definition) is 7. The standard InChI is InChI=1S/C23H24ClFN4O4/c1-31-13-22(30)29-7-5-16(6-8-29)33-21-9-14-12-26-23(28-19(14)11-20(21)32-2)27-15-3-4-18(25)17(24)10-15/h3-4,9-12,16H,5-8,13H2,1-2H3,(H,26,27,28). The first kappa shape index (κ1) is 23.0. The van der Waals surface area contributed by atoms with Gasteiger partial charge in [0, 0.05) is 56.4 Å². The number of anilines is 2. The average molecular weight is 475 g/mol. The zero-order valence-corrected chi connectivity index (χ0v) is 19.1. The maximum Gasteiger partial charge on any atom is 0.248 e. The largest absolute Gasteiger partial charge is 0.493 e. The van der Waals surface area contributed by atoms with Crippen LogP contribution in [0.25, 0.3) is 10.9 Å². The molecule has 174 valence electrons. The van der Waals surface area contributed by atoms with E-state index in [-0.39, 0.29) is 23.6 Å². The predicted molar refractivity (Wildman–Crippen MR) is 123 cm³/mol. The summed E-state index contributed by atoms with van der Waals surface area (Å²) in [6.07, 6.45) is 3.08. The molecule has 10 heteroatoms. The molecule has 0 aliphatic carbocycles. The molecule has 4 rings (SSSR count). The van der Waals surface area contributed by atoms with Gasteiger partial charge in [0.25, 0.3) is 0 Å². The molecule has 33 heavy (non-hydrogen) atoms. The third-order valence-electron chi connectivity index (χ3n) is 5.40. The van der Waals surface area contributed by atoms with E-state index in [1.807, 2.05) is 6.07 Å². The van der Waals surface area contributed by atoms with Crippen LogP contribution in [-0.2, 0) is 9.53 Å². The van der Waals surface area contributed by atoms with Gasteiger partial charge in [0.1, 0.15) is 18.5 Å². The molecule has 8 nitrogen and oxygen atoms in total. The van der Waals surface area contributed by atoms with Crippen LogP contribution in [0.5, 0.6) is 11.5 Å². The molecule has 1 N–H and O–H groups in total. The van der Waals surface area contributed by atoms with Crippen LogP contribution in [0.15, 0.2) is 36.5 Å². The van der Waals surface area contributed by atoms with E-state index < -0.39 is 5.82 Å². The number of ether oxygens (including phenoxy) is 3. The quantitative estimate of drug-likeness (QED) is 0.549. The van der Waals surface area contributed by atoms with E-state index in [1.165, 1.54) is 19.2 Å². The number of carbonyl (C=O) groups excluding carboxylic acids is 1. The fraction of sp³-hybridized carbons (Fsp3) is 0.348. The van der Waals surface area contributed by atoms with Gasteiger partial charge < -0.3 is 24.4 Å². The Hall–Kier alpha value is -3.17. The second kappa shape index (κ2) is 10.2. The summed E-state index contributed by atoms with van der Waals surface area (Å²) in [5, 5.41) is 3.81. The Morgan fingerprint density at radius 2 is 2.00 bits per heavy atom. The molecular weight excluding hydrogens is 451 g/mol. The number of halogens is 2. The Kier molecular flexibility index (Phi) is 7.10. The predicted octanol–water partition coefficient (Wildman–Crippen LogP) is 4.19. The van der Waals surface area contributed by atoms with Crippen molar-refractivity contribution in [2.45, 2.75) is 18.9 Å². The van der Waals surface area contributed by atoms with Crippen LogP contribution in [0.4, 0.5) is 16.0 Å². The number of amides is 1. The molecule has 1 fully saturated rings. The van der Waals surface area contributed by atoms with Crippen LogP contribution < -0.4 is 14.8 Å². The third kappa shape index (κ3) is 5.43. The minimum Gasteiger partial charge on any atom is -0.493 e. The summed E-state index contributed by atoms with van der Waals surface area (Å²) in [6.45, 7) is 1.33. The van der Waals surface area contributed by atoms with Crippen LogP contribution in [0.3, 0.4) is 0 Å². The Balaban J connectivity index is 1.48. The number of carbonyl (C=O) groups is 1. The van der Waals surface area contributed by atoms with Gasteiger partial charge in [0.05, 0.1) is 17.6 Å². The zero-order valence-electron chi connectivity index (χ0n) is 18.3. The summed E-state index contributed by atoms with van der Waals surface area (Å²) in [5.41, 5.74) is 1.23. The van der Waals surface area contributed by atoms with E-state index in [2.05, 4.69) is 15.3 Å². The summed E-state index contributed by atoms with van der Waals surface area (Å²) >= 11 is 5.84. The smallest absolute Gasteiger partial charge is 0.248 e. The molecular formula is C23H24ClFN4O4. The van der Waals surface area contributed by atoms with E-state index in [0.29, 0.717) is 41.7 Å². The molecule has 0 spiro atoms. The van der Waals surface area contributed by atoms with Crippen LogP contribution in [0.2, 0.25) is 5.02 Å². The molecule has 3 aromatic rings. The van der Waals surface area contributed by atoms with E-state index in [0.717, 1.165) is 18.2 Å². The van der Waals surface area contributed by atoms with Crippen molar-refractivity contribution in [2.75, 3.05) is 39.2 Å². The average Bonchev–Trinajstić information content (AvgIpc) is 2.82. The van der Waals surface area contributed by atoms with Crippen molar-refractivity contribution < 1.29 is 23.4 Å². The topological polar surface area (TPSA) is 85.8 Å². The molecule has 1 saturated heterocycles. The van der Waals surface area contributed by atoms with Gasteiger partial charge in [-0.1, -0.05) is 11.6 Å². The summed E-state index contributed by atoms with van der Waals surface area (Å²) in [5.74, 6) is 0.986. The minimum absolute atomic E-state index is 0.0105. The molecule has 0 radical (unpaired) electrons.